The fourth-order valence-electron chi connectivity index (χ4n) is 6.85. The highest BCUT2D eigenvalue weighted by atomic mass is 16.3. The van der Waals surface area contributed by atoms with Gasteiger partial charge in [-0.05, 0) is 89.0 Å². The van der Waals surface area contributed by atoms with Crippen LogP contribution < -0.4 is 4.57 Å². The Morgan fingerprint density at radius 2 is 1.35 bits per heavy atom. The topological polar surface area (TPSA) is 45.7 Å². The number of fused-ring (bicyclic) bond motifs is 2. The average Bonchev–Trinajstić information content (AvgIpc) is 3.65. The van der Waals surface area contributed by atoms with Crippen molar-refractivity contribution in [2.75, 3.05) is 0 Å². The van der Waals surface area contributed by atoms with Crippen molar-refractivity contribution in [2.45, 2.75) is 46.5 Å². The van der Waals surface area contributed by atoms with Crippen LogP contribution in [0.25, 0.3) is 61.3 Å². The molecule has 0 unspecified atom stereocenters. The van der Waals surface area contributed by atoms with Crippen molar-refractivity contribution in [1.29, 1.82) is 5.26 Å². The number of aryl methyl sites for hydroxylation is 2. The summed E-state index contributed by atoms with van der Waals surface area (Å²) in [5, 5.41) is 11.5. The Morgan fingerprint density at radius 3 is 1.98 bits per heavy atom. The van der Waals surface area contributed by atoms with Gasteiger partial charge in [-0.1, -0.05) is 88.4 Å². The molecule has 7 aromatic rings. The molecule has 0 spiro atoms. The summed E-state index contributed by atoms with van der Waals surface area (Å²) in [5.41, 5.74) is 14.1. The van der Waals surface area contributed by atoms with Gasteiger partial charge >= 0.3 is 0 Å². The van der Waals surface area contributed by atoms with Crippen LogP contribution in [-0.4, -0.2) is 4.57 Å². The highest BCUT2D eigenvalue weighted by molar-refractivity contribution is 5.89. The molecule has 0 bridgehead atoms. The van der Waals surface area contributed by atoms with E-state index in [-0.39, 0.29) is 11.8 Å². The molecule has 0 fully saturated rings. The van der Waals surface area contributed by atoms with Crippen molar-refractivity contribution in [1.82, 2.24) is 4.57 Å². The van der Waals surface area contributed by atoms with E-state index < -0.39 is 0 Å². The third kappa shape index (κ3) is 4.80. The standard InChI is InChI=1S/C42H38N3O/c1-26(2)35-22-34(31-17-15-30(16-18-31)29-11-8-7-9-12-29)23-36(27(3)4)41(35)45-40-33(25-43)13-10-14-38(40)44(6)42(45)37-24-39-32(19-20-46-39)21-28(37)5/h7-24,26-27H,1-6H3/q+1. The van der Waals surface area contributed by atoms with Gasteiger partial charge in [0.25, 0.3) is 5.82 Å². The van der Waals surface area contributed by atoms with E-state index in [1.54, 1.807) is 6.26 Å². The van der Waals surface area contributed by atoms with Crippen LogP contribution in [0.5, 0.6) is 0 Å². The second-order valence-electron chi connectivity index (χ2n) is 12.9. The van der Waals surface area contributed by atoms with Gasteiger partial charge in [-0.3, -0.25) is 0 Å². The fraction of sp³-hybridized carbons (Fsp3) is 0.190. The van der Waals surface area contributed by atoms with Crippen molar-refractivity contribution in [2.24, 2.45) is 7.05 Å². The van der Waals surface area contributed by atoms with Gasteiger partial charge in [0.15, 0.2) is 11.0 Å². The number of furan rings is 1. The Hall–Kier alpha value is -5.40. The van der Waals surface area contributed by atoms with Crippen molar-refractivity contribution >= 4 is 22.0 Å². The van der Waals surface area contributed by atoms with Crippen molar-refractivity contribution < 1.29 is 8.98 Å². The first-order valence-corrected chi connectivity index (χ1v) is 16.0. The molecule has 46 heavy (non-hydrogen) atoms. The van der Waals surface area contributed by atoms with Crippen LogP contribution in [0.15, 0.2) is 114 Å². The van der Waals surface area contributed by atoms with Gasteiger partial charge in [0.05, 0.1) is 18.9 Å². The minimum absolute atomic E-state index is 0.231. The molecule has 0 aliphatic rings. The summed E-state index contributed by atoms with van der Waals surface area (Å²) in [7, 11) is 2.11. The Labute approximate surface area is 270 Å². The minimum atomic E-state index is 0.231. The molecular formula is C42H38N3O+. The number of nitrogens with zero attached hydrogens (tertiary/aromatic N) is 3. The molecule has 5 aromatic carbocycles. The summed E-state index contributed by atoms with van der Waals surface area (Å²) >= 11 is 0. The van der Waals surface area contributed by atoms with Crippen LogP contribution in [0.4, 0.5) is 0 Å². The number of hydrogen-bond acceptors (Lipinski definition) is 2. The molecule has 0 saturated heterocycles. The van der Waals surface area contributed by atoms with E-state index in [1.165, 1.54) is 33.4 Å². The number of benzene rings is 5. The molecule has 7 rings (SSSR count). The lowest BCUT2D eigenvalue weighted by molar-refractivity contribution is -0.633. The summed E-state index contributed by atoms with van der Waals surface area (Å²) in [5.74, 6) is 1.49. The predicted molar refractivity (Wildman–Crippen MR) is 188 cm³/mol. The second kappa shape index (κ2) is 11.5. The molecule has 0 amide bonds. The van der Waals surface area contributed by atoms with Gasteiger partial charge < -0.3 is 4.42 Å². The Morgan fingerprint density at radius 1 is 0.717 bits per heavy atom. The van der Waals surface area contributed by atoms with Crippen molar-refractivity contribution in [3.8, 4) is 45.4 Å². The van der Waals surface area contributed by atoms with Crippen LogP contribution in [0.2, 0.25) is 0 Å². The number of nitriles is 1. The van der Waals surface area contributed by atoms with Crippen molar-refractivity contribution in [3.05, 3.63) is 132 Å². The van der Waals surface area contributed by atoms with Gasteiger partial charge in [-0.25, -0.2) is 4.57 Å². The summed E-state index contributed by atoms with van der Waals surface area (Å²) < 4.78 is 10.5. The molecule has 0 saturated carbocycles. The number of para-hydroxylation sites is 1. The maximum absolute atomic E-state index is 10.4. The van der Waals surface area contributed by atoms with Gasteiger partial charge in [-0.15, -0.1) is 0 Å². The molecular weight excluding hydrogens is 562 g/mol. The van der Waals surface area contributed by atoms with E-state index in [0.717, 1.165) is 44.6 Å². The number of aromatic nitrogens is 2. The van der Waals surface area contributed by atoms with Crippen molar-refractivity contribution in [3.63, 3.8) is 0 Å². The van der Waals surface area contributed by atoms with Gasteiger partial charge in [0.1, 0.15) is 22.9 Å². The summed E-state index contributed by atoms with van der Waals surface area (Å²) in [4.78, 5) is 0. The van der Waals surface area contributed by atoms with Gasteiger partial charge in [0.2, 0.25) is 0 Å². The Kier molecular flexibility index (Phi) is 7.34. The Balaban J connectivity index is 1.54. The number of imidazole rings is 1. The molecule has 0 aliphatic carbocycles. The van der Waals surface area contributed by atoms with E-state index in [0.29, 0.717) is 5.56 Å². The fourth-order valence-corrected chi connectivity index (χ4v) is 6.85. The first-order chi connectivity index (χ1) is 22.3. The molecule has 0 aliphatic heterocycles. The number of hydrogen-bond donors (Lipinski definition) is 0. The highest BCUT2D eigenvalue weighted by Crippen LogP contribution is 2.41. The van der Waals surface area contributed by atoms with Gasteiger partial charge in [-0.2, -0.15) is 9.83 Å². The SMILES string of the molecule is Cc1cc2ccoc2cc1-c1n(-c2c(C(C)C)cc(-c3ccc(-c4ccccc4)cc3)cc2C(C)C)c2c(C#N)cccc2[n+]1C. The summed E-state index contributed by atoms with van der Waals surface area (Å²) in [6.45, 7) is 11.2. The first-order valence-electron chi connectivity index (χ1n) is 16.0. The maximum Gasteiger partial charge on any atom is 0.295 e. The summed E-state index contributed by atoms with van der Waals surface area (Å²) in [6.07, 6.45) is 1.75. The lowest BCUT2D eigenvalue weighted by Crippen LogP contribution is -2.30. The van der Waals surface area contributed by atoms with E-state index in [9.17, 15) is 5.26 Å². The third-order valence-corrected chi connectivity index (χ3v) is 9.25. The lowest BCUT2D eigenvalue weighted by Gasteiger charge is -2.21. The Bertz CT molecular complexity index is 2250. The smallest absolute Gasteiger partial charge is 0.295 e. The van der Waals surface area contributed by atoms with E-state index in [1.807, 2.05) is 18.2 Å². The number of rotatable bonds is 6. The molecule has 0 N–H and O–H groups in total. The minimum Gasteiger partial charge on any atom is -0.464 e. The van der Waals surface area contributed by atoms with Crippen LogP contribution in [0.3, 0.4) is 0 Å². The molecule has 2 aromatic heterocycles. The van der Waals surface area contributed by atoms with Gasteiger partial charge in [0, 0.05) is 16.5 Å². The van der Waals surface area contributed by atoms with E-state index >= 15 is 0 Å². The molecule has 4 heteroatoms. The summed E-state index contributed by atoms with van der Waals surface area (Å²) in [6, 6.07) is 39.0. The van der Waals surface area contributed by atoms with E-state index in [4.69, 9.17) is 4.42 Å². The molecule has 0 radical (unpaired) electrons. The van der Waals surface area contributed by atoms with Crippen LogP contribution in [-0.2, 0) is 7.05 Å². The van der Waals surface area contributed by atoms with Crippen LogP contribution in [0.1, 0.15) is 61.8 Å². The molecule has 2 heterocycles. The second-order valence-corrected chi connectivity index (χ2v) is 12.9. The van der Waals surface area contributed by atoms with E-state index in [2.05, 4.69) is 142 Å². The first kappa shape index (κ1) is 29.3. The zero-order chi connectivity index (χ0) is 32.1. The van der Waals surface area contributed by atoms with Crippen LogP contribution >= 0.6 is 0 Å². The normalized spacial score (nSPS) is 11.6. The zero-order valence-corrected chi connectivity index (χ0v) is 27.3. The largest absolute Gasteiger partial charge is 0.464 e. The quantitative estimate of drug-likeness (QED) is 0.178. The monoisotopic (exact) mass is 600 g/mol. The zero-order valence-electron chi connectivity index (χ0n) is 27.3. The molecule has 0 atom stereocenters. The molecule has 4 nitrogen and oxygen atoms in total. The maximum atomic E-state index is 10.4. The lowest BCUT2D eigenvalue weighted by atomic mass is 9.87. The van der Waals surface area contributed by atoms with Crippen LogP contribution in [0, 0.1) is 18.3 Å². The predicted octanol–water partition coefficient (Wildman–Crippen LogP) is 10.6. The highest BCUT2D eigenvalue weighted by Gasteiger charge is 2.33. The average molecular weight is 601 g/mol. The molecule has 226 valence electrons. The third-order valence-electron chi connectivity index (χ3n) is 9.25.